The molecule has 1 aromatic heterocycles. The molecule has 0 spiro atoms. The van der Waals surface area contributed by atoms with Crippen molar-refractivity contribution in [1.82, 2.24) is 9.97 Å². The highest BCUT2D eigenvalue weighted by Crippen LogP contribution is 2.19. The number of aromatic nitrogens is 2. The number of aryl methyl sites for hydroxylation is 1. The zero-order valence-corrected chi connectivity index (χ0v) is 7.47. The highest BCUT2D eigenvalue weighted by atomic mass is 16.1. The molecular formula is C9H13N3O. The lowest BCUT2D eigenvalue weighted by Crippen LogP contribution is -2.22. The van der Waals surface area contributed by atoms with Crippen LogP contribution in [-0.2, 0) is 19.4 Å². The van der Waals surface area contributed by atoms with Crippen LogP contribution in [0.25, 0.3) is 0 Å². The van der Waals surface area contributed by atoms with Gasteiger partial charge in [0.1, 0.15) is 0 Å². The monoisotopic (exact) mass is 179 g/mol. The van der Waals surface area contributed by atoms with E-state index in [-0.39, 0.29) is 5.69 Å². The van der Waals surface area contributed by atoms with Crippen molar-refractivity contribution in [2.45, 2.75) is 32.2 Å². The number of nitrogens with two attached hydrogens (primary N) is 1. The molecule has 0 saturated carbocycles. The average molecular weight is 179 g/mol. The van der Waals surface area contributed by atoms with E-state index in [9.17, 15) is 4.79 Å². The Labute approximate surface area is 76.2 Å². The molecule has 13 heavy (non-hydrogen) atoms. The Hall–Kier alpha value is -1.16. The second-order valence-electron chi connectivity index (χ2n) is 3.36. The maximum absolute atomic E-state index is 11.1. The SMILES string of the molecule is NCc1nc(=O)[nH]c2c1CCCC2. The zero-order valence-electron chi connectivity index (χ0n) is 7.47. The molecule has 70 valence electrons. The van der Waals surface area contributed by atoms with Crippen LogP contribution in [0.2, 0.25) is 0 Å². The molecule has 0 atom stereocenters. The van der Waals surface area contributed by atoms with Crippen molar-refractivity contribution in [2.24, 2.45) is 5.73 Å². The van der Waals surface area contributed by atoms with Crippen LogP contribution in [-0.4, -0.2) is 9.97 Å². The molecule has 0 fully saturated rings. The van der Waals surface area contributed by atoms with E-state index >= 15 is 0 Å². The molecule has 0 aromatic carbocycles. The number of nitrogens with one attached hydrogen (secondary N) is 1. The lowest BCUT2D eigenvalue weighted by atomic mass is 9.95. The molecule has 0 saturated heterocycles. The summed E-state index contributed by atoms with van der Waals surface area (Å²) in [4.78, 5) is 17.7. The van der Waals surface area contributed by atoms with Crippen LogP contribution >= 0.6 is 0 Å². The predicted octanol–water partition coefficient (Wildman–Crippen LogP) is 0.107. The van der Waals surface area contributed by atoms with Gasteiger partial charge in [0.15, 0.2) is 0 Å². The quantitative estimate of drug-likeness (QED) is 0.642. The number of nitrogens with zero attached hydrogens (tertiary/aromatic N) is 1. The maximum Gasteiger partial charge on any atom is 0.345 e. The largest absolute Gasteiger partial charge is 0.345 e. The molecule has 0 aliphatic heterocycles. The van der Waals surface area contributed by atoms with E-state index in [0.717, 1.165) is 30.7 Å². The lowest BCUT2D eigenvalue weighted by molar-refractivity contribution is 0.645. The molecule has 0 unspecified atom stereocenters. The van der Waals surface area contributed by atoms with Gasteiger partial charge in [0.25, 0.3) is 0 Å². The van der Waals surface area contributed by atoms with E-state index in [2.05, 4.69) is 9.97 Å². The molecule has 3 N–H and O–H groups in total. The maximum atomic E-state index is 11.1. The minimum atomic E-state index is -0.263. The fourth-order valence-electron chi connectivity index (χ4n) is 1.88. The van der Waals surface area contributed by atoms with Crippen LogP contribution < -0.4 is 11.4 Å². The number of aromatic amines is 1. The Balaban J connectivity index is 2.57. The highest BCUT2D eigenvalue weighted by molar-refractivity contribution is 5.26. The van der Waals surface area contributed by atoms with Crippen molar-refractivity contribution in [2.75, 3.05) is 0 Å². The third-order valence-electron chi connectivity index (χ3n) is 2.50. The Bertz CT molecular complexity index is 349. The summed E-state index contributed by atoms with van der Waals surface area (Å²) in [5, 5.41) is 0. The van der Waals surface area contributed by atoms with Gasteiger partial charge in [-0.15, -0.1) is 0 Å². The van der Waals surface area contributed by atoms with Gasteiger partial charge in [-0.25, -0.2) is 4.79 Å². The van der Waals surface area contributed by atoms with Crippen molar-refractivity contribution in [3.63, 3.8) is 0 Å². The first kappa shape index (κ1) is 8.44. The smallest absolute Gasteiger partial charge is 0.325 e. The first-order valence-electron chi connectivity index (χ1n) is 4.62. The fourth-order valence-corrected chi connectivity index (χ4v) is 1.88. The van der Waals surface area contributed by atoms with Gasteiger partial charge in [0, 0.05) is 12.2 Å². The van der Waals surface area contributed by atoms with E-state index in [1.54, 1.807) is 0 Å². The topological polar surface area (TPSA) is 71.8 Å². The fraction of sp³-hybridized carbons (Fsp3) is 0.556. The van der Waals surface area contributed by atoms with E-state index in [4.69, 9.17) is 5.73 Å². The second-order valence-corrected chi connectivity index (χ2v) is 3.36. The normalized spacial score (nSPS) is 15.5. The Morgan fingerprint density at radius 3 is 2.92 bits per heavy atom. The third-order valence-corrected chi connectivity index (χ3v) is 2.50. The first-order valence-corrected chi connectivity index (χ1v) is 4.62. The van der Waals surface area contributed by atoms with Crippen LogP contribution in [0.15, 0.2) is 4.79 Å². The molecule has 1 aromatic rings. The summed E-state index contributed by atoms with van der Waals surface area (Å²) in [6.45, 7) is 0.367. The Morgan fingerprint density at radius 1 is 1.38 bits per heavy atom. The van der Waals surface area contributed by atoms with Crippen LogP contribution in [0.1, 0.15) is 29.8 Å². The number of hydrogen-bond donors (Lipinski definition) is 2. The van der Waals surface area contributed by atoms with Gasteiger partial charge in [-0.1, -0.05) is 0 Å². The van der Waals surface area contributed by atoms with Gasteiger partial charge in [0.2, 0.25) is 0 Å². The zero-order chi connectivity index (χ0) is 9.26. The van der Waals surface area contributed by atoms with Gasteiger partial charge in [-0.2, -0.15) is 4.98 Å². The average Bonchev–Trinajstić information content (AvgIpc) is 2.16. The summed E-state index contributed by atoms with van der Waals surface area (Å²) in [5.41, 5.74) is 8.26. The molecule has 1 heterocycles. The molecular weight excluding hydrogens is 166 g/mol. The number of hydrogen-bond acceptors (Lipinski definition) is 3. The van der Waals surface area contributed by atoms with Gasteiger partial charge < -0.3 is 10.7 Å². The number of fused-ring (bicyclic) bond motifs is 1. The summed E-state index contributed by atoms with van der Waals surface area (Å²) in [7, 11) is 0. The Morgan fingerprint density at radius 2 is 2.15 bits per heavy atom. The molecule has 0 radical (unpaired) electrons. The first-order chi connectivity index (χ1) is 6.31. The molecule has 0 amide bonds. The number of rotatable bonds is 1. The minimum absolute atomic E-state index is 0.263. The summed E-state index contributed by atoms with van der Waals surface area (Å²) in [6, 6.07) is 0. The van der Waals surface area contributed by atoms with E-state index in [1.807, 2.05) is 0 Å². The van der Waals surface area contributed by atoms with Crippen LogP contribution in [0.5, 0.6) is 0 Å². The van der Waals surface area contributed by atoms with E-state index in [1.165, 1.54) is 12.0 Å². The molecule has 4 heteroatoms. The van der Waals surface area contributed by atoms with Crippen molar-refractivity contribution in [1.29, 1.82) is 0 Å². The standard InChI is InChI=1S/C9H13N3O/c10-5-8-6-3-1-2-4-7(6)11-9(13)12-8/h1-5,10H2,(H,11,12,13). The molecule has 1 aliphatic rings. The molecule has 4 nitrogen and oxygen atoms in total. The van der Waals surface area contributed by atoms with Crippen molar-refractivity contribution in [3.05, 3.63) is 27.4 Å². The predicted molar refractivity (Wildman–Crippen MR) is 49.4 cm³/mol. The van der Waals surface area contributed by atoms with Gasteiger partial charge in [-0.05, 0) is 31.2 Å². The van der Waals surface area contributed by atoms with Crippen LogP contribution in [0.4, 0.5) is 0 Å². The van der Waals surface area contributed by atoms with Crippen LogP contribution in [0.3, 0.4) is 0 Å². The summed E-state index contributed by atoms with van der Waals surface area (Å²) < 4.78 is 0. The highest BCUT2D eigenvalue weighted by Gasteiger charge is 2.14. The third kappa shape index (κ3) is 1.49. The second kappa shape index (κ2) is 3.30. The van der Waals surface area contributed by atoms with Gasteiger partial charge in [-0.3, -0.25) is 0 Å². The van der Waals surface area contributed by atoms with Crippen molar-refractivity contribution in [3.8, 4) is 0 Å². The van der Waals surface area contributed by atoms with E-state index < -0.39 is 0 Å². The molecule has 0 bridgehead atoms. The van der Waals surface area contributed by atoms with E-state index in [0.29, 0.717) is 6.54 Å². The summed E-state index contributed by atoms with van der Waals surface area (Å²) in [6.07, 6.45) is 4.29. The van der Waals surface area contributed by atoms with Crippen molar-refractivity contribution < 1.29 is 0 Å². The molecule has 2 rings (SSSR count). The summed E-state index contributed by atoms with van der Waals surface area (Å²) >= 11 is 0. The Kier molecular flexibility index (Phi) is 2.14. The lowest BCUT2D eigenvalue weighted by Gasteiger charge is -2.16. The van der Waals surface area contributed by atoms with Gasteiger partial charge in [0.05, 0.1) is 5.69 Å². The van der Waals surface area contributed by atoms with Crippen LogP contribution in [0, 0.1) is 0 Å². The van der Waals surface area contributed by atoms with Crippen molar-refractivity contribution >= 4 is 0 Å². The number of H-pyrrole nitrogens is 1. The minimum Gasteiger partial charge on any atom is -0.325 e. The van der Waals surface area contributed by atoms with Gasteiger partial charge >= 0.3 is 5.69 Å². The molecule has 1 aliphatic carbocycles. The summed E-state index contributed by atoms with van der Waals surface area (Å²) in [5.74, 6) is 0.